The number of aryl methyl sites for hydroxylation is 2. The van der Waals surface area contributed by atoms with E-state index >= 15 is 0 Å². The van der Waals surface area contributed by atoms with Gasteiger partial charge in [-0.15, -0.1) is 0 Å². The van der Waals surface area contributed by atoms with Crippen LogP contribution in [0.25, 0.3) is 0 Å². The number of hydrogen-bond donors (Lipinski definition) is 1. The van der Waals surface area contributed by atoms with Crippen molar-refractivity contribution in [1.82, 2.24) is 0 Å². The molecule has 2 aromatic carbocycles. The Labute approximate surface area is 127 Å². The molecule has 0 saturated carbocycles. The summed E-state index contributed by atoms with van der Waals surface area (Å²) in [6.45, 7) is 8.63. The average molecular weight is 284 g/mol. The molecule has 0 fully saturated rings. The van der Waals surface area contributed by atoms with Crippen LogP contribution in [0.1, 0.15) is 42.5 Å². The highest BCUT2D eigenvalue weighted by Crippen LogP contribution is 2.37. The molecule has 2 aromatic rings. The summed E-state index contributed by atoms with van der Waals surface area (Å²) in [6.07, 6.45) is 0.944. The summed E-state index contributed by atoms with van der Waals surface area (Å²) < 4.78 is 5.80. The summed E-state index contributed by atoms with van der Waals surface area (Å²) in [5, 5.41) is 11.2. The van der Waals surface area contributed by atoms with E-state index in [1.165, 1.54) is 0 Å². The molecule has 0 amide bonds. The van der Waals surface area contributed by atoms with E-state index in [1.54, 1.807) is 0 Å². The van der Waals surface area contributed by atoms with Gasteiger partial charge in [0.15, 0.2) is 0 Å². The summed E-state index contributed by atoms with van der Waals surface area (Å²) in [5.74, 6) is 0.755. The number of rotatable bonds is 5. The highest BCUT2D eigenvalue weighted by atomic mass is 16.5. The minimum atomic E-state index is -1.07. The van der Waals surface area contributed by atoms with Crippen molar-refractivity contribution >= 4 is 0 Å². The van der Waals surface area contributed by atoms with Crippen molar-refractivity contribution in [3.63, 3.8) is 0 Å². The van der Waals surface area contributed by atoms with Gasteiger partial charge in [0, 0.05) is 5.56 Å². The van der Waals surface area contributed by atoms with Crippen LogP contribution in [0.15, 0.2) is 42.5 Å². The zero-order valence-corrected chi connectivity index (χ0v) is 13.3. The fourth-order valence-electron chi connectivity index (χ4n) is 2.61. The first-order valence-corrected chi connectivity index (χ1v) is 7.49. The highest BCUT2D eigenvalue weighted by Gasteiger charge is 2.30. The Bertz CT molecular complexity index is 615. The lowest BCUT2D eigenvalue weighted by Gasteiger charge is -2.28. The Balaban J connectivity index is 2.50. The molecule has 2 nitrogen and oxygen atoms in total. The van der Waals surface area contributed by atoms with E-state index in [4.69, 9.17) is 4.74 Å². The molecule has 0 spiro atoms. The molecule has 1 N–H and O–H groups in total. The lowest BCUT2D eigenvalue weighted by Crippen LogP contribution is -2.25. The van der Waals surface area contributed by atoms with Crippen molar-refractivity contribution in [2.24, 2.45) is 0 Å². The Hall–Kier alpha value is -1.80. The molecular formula is C19H24O2. The van der Waals surface area contributed by atoms with Gasteiger partial charge in [-0.3, -0.25) is 0 Å². The van der Waals surface area contributed by atoms with Crippen LogP contribution in [0.4, 0.5) is 0 Å². The highest BCUT2D eigenvalue weighted by molar-refractivity contribution is 5.47. The maximum absolute atomic E-state index is 11.2. The fourth-order valence-corrected chi connectivity index (χ4v) is 2.61. The molecular weight excluding hydrogens is 260 g/mol. The molecule has 112 valence electrons. The zero-order chi connectivity index (χ0) is 15.5. The van der Waals surface area contributed by atoms with Crippen LogP contribution in [0.2, 0.25) is 0 Å². The normalized spacial score (nSPS) is 13.8. The second-order valence-electron chi connectivity index (χ2n) is 5.74. The molecule has 2 rings (SSSR count). The SMILES string of the molecule is CCCOc1ccccc1C(C)(O)c1cc(C)ccc1C. The number of aliphatic hydroxyl groups is 1. The Morgan fingerprint density at radius 1 is 1.05 bits per heavy atom. The first-order chi connectivity index (χ1) is 9.96. The summed E-state index contributed by atoms with van der Waals surface area (Å²) >= 11 is 0. The van der Waals surface area contributed by atoms with Gasteiger partial charge in [0.1, 0.15) is 11.4 Å². The number of hydrogen-bond acceptors (Lipinski definition) is 2. The molecule has 0 aromatic heterocycles. The van der Waals surface area contributed by atoms with Crippen molar-refractivity contribution in [2.45, 2.75) is 39.7 Å². The second kappa shape index (κ2) is 6.31. The van der Waals surface area contributed by atoms with E-state index in [9.17, 15) is 5.11 Å². The molecule has 2 heteroatoms. The zero-order valence-electron chi connectivity index (χ0n) is 13.3. The van der Waals surface area contributed by atoms with Crippen LogP contribution in [0, 0.1) is 13.8 Å². The van der Waals surface area contributed by atoms with Crippen molar-refractivity contribution in [1.29, 1.82) is 0 Å². The minimum absolute atomic E-state index is 0.653. The number of para-hydroxylation sites is 1. The maximum Gasteiger partial charge on any atom is 0.125 e. The van der Waals surface area contributed by atoms with E-state index in [0.29, 0.717) is 6.61 Å². The van der Waals surface area contributed by atoms with Crippen LogP contribution in [0.3, 0.4) is 0 Å². The summed E-state index contributed by atoms with van der Waals surface area (Å²) in [6, 6.07) is 13.9. The summed E-state index contributed by atoms with van der Waals surface area (Å²) in [7, 11) is 0. The van der Waals surface area contributed by atoms with Gasteiger partial charge in [0.05, 0.1) is 6.61 Å². The van der Waals surface area contributed by atoms with Crippen molar-refractivity contribution in [3.8, 4) is 5.75 Å². The molecule has 21 heavy (non-hydrogen) atoms. The van der Waals surface area contributed by atoms with E-state index in [0.717, 1.165) is 34.4 Å². The molecule has 0 bridgehead atoms. The van der Waals surface area contributed by atoms with Crippen LogP contribution >= 0.6 is 0 Å². The lowest BCUT2D eigenvalue weighted by molar-refractivity contribution is 0.0971. The Morgan fingerprint density at radius 3 is 2.48 bits per heavy atom. The van der Waals surface area contributed by atoms with Gasteiger partial charge in [-0.25, -0.2) is 0 Å². The standard InChI is InChI=1S/C19H24O2/c1-5-12-21-18-9-7-6-8-16(18)19(4,20)17-13-14(2)10-11-15(17)3/h6-11,13,20H,5,12H2,1-4H3. The molecule has 0 radical (unpaired) electrons. The topological polar surface area (TPSA) is 29.5 Å². The van der Waals surface area contributed by atoms with Gasteiger partial charge in [-0.05, 0) is 44.4 Å². The van der Waals surface area contributed by atoms with E-state index in [2.05, 4.69) is 19.1 Å². The predicted octanol–water partition coefficient (Wildman–Crippen LogP) is 4.35. The van der Waals surface area contributed by atoms with Crippen LogP contribution in [-0.2, 0) is 5.60 Å². The average Bonchev–Trinajstić information content (AvgIpc) is 2.47. The van der Waals surface area contributed by atoms with Crippen molar-refractivity contribution < 1.29 is 9.84 Å². The minimum Gasteiger partial charge on any atom is -0.493 e. The lowest BCUT2D eigenvalue weighted by atomic mass is 9.84. The summed E-state index contributed by atoms with van der Waals surface area (Å²) in [4.78, 5) is 0. The predicted molar refractivity (Wildman–Crippen MR) is 86.8 cm³/mol. The largest absolute Gasteiger partial charge is 0.493 e. The Kier molecular flexibility index (Phi) is 4.69. The third kappa shape index (κ3) is 3.27. The third-order valence-electron chi connectivity index (χ3n) is 3.79. The molecule has 0 aliphatic rings. The van der Waals surface area contributed by atoms with E-state index < -0.39 is 5.60 Å². The second-order valence-corrected chi connectivity index (χ2v) is 5.74. The smallest absolute Gasteiger partial charge is 0.125 e. The maximum atomic E-state index is 11.2. The van der Waals surface area contributed by atoms with Gasteiger partial charge >= 0.3 is 0 Å². The third-order valence-corrected chi connectivity index (χ3v) is 3.79. The van der Waals surface area contributed by atoms with Crippen molar-refractivity contribution in [3.05, 3.63) is 64.7 Å². The van der Waals surface area contributed by atoms with Crippen LogP contribution < -0.4 is 4.74 Å². The van der Waals surface area contributed by atoms with Gasteiger partial charge in [0.25, 0.3) is 0 Å². The molecule has 0 aliphatic heterocycles. The van der Waals surface area contributed by atoms with Gasteiger partial charge < -0.3 is 9.84 Å². The number of benzene rings is 2. The van der Waals surface area contributed by atoms with E-state index in [-0.39, 0.29) is 0 Å². The number of ether oxygens (including phenoxy) is 1. The van der Waals surface area contributed by atoms with Gasteiger partial charge in [-0.1, -0.05) is 48.9 Å². The van der Waals surface area contributed by atoms with Crippen LogP contribution in [-0.4, -0.2) is 11.7 Å². The molecule has 0 heterocycles. The van der Waals surface area contributed by atoms with Crippen molar-refractivity contribution in [2.75, 3.05) is 6.61 Å². The Morgan fingerprint density at radius 2 is 1.76 bits per heavy atom. The first-order valence-electron chi connectivity index (χ1n) is 7.49. The first kappa shape index (κ1) is 15.6. The molecule has 0 saturated heterocycles. The molecule has 0 aliphatic carbocycles. The van der Waals surface area contributed by atoms with E-state index in [1.807, 2.05) is 51.1 Å². The summed E-state index contributed by atoms with van der Waals surface area (Å²) in [5.41, 5.74) is 2.89. The van der Waals surface area contributed by atoms with Gasteiger partial charge in [0.2, 0.25) is 0 Å². The quantitative estimate of drug-likeness (QED) is 0.884. The monoisotopic (exact) mass is 284 g/mol. The fraction of sp³-hybridized carbons (Fsp3) is 0.368. The van der Waals surface area contributed by atoms with Gasteiger partial charge in [-0.2, -0.15) is 0 Å². The molecule has 1 atom stereocenters. The van der Waals surface area contributed by atoms with Crippen LogP contribution in [0.5, 0.6) is 5.75 Å². The molecule has 1 unspecified atom stereocenters.